The summed E-state index contributed by atoms with van der Waals surface area (Å²) in [6.07, 6.45) is 0.994. The predicted molar refractivity (Wildman–Crippen MR) is 76.1 cm³/mol. The lowest BCUT2D eigenvalue weighted by Gasteiger charge is -2.15. The van der Waals surface area contributed by atoms with Crippen LogP contribution in [0.1, 0.15) is 17.0 Å². The zero-order valence-corrected chi connectivity index (χ0v) is 11.2. The van der Waals surface area contributed by atoms with Crippen molar-refractivity contribution in [1.29, 1.82) is 0 Å². The lowest BCUT2D eigenvalue weighted by atomic mass is 9.92. The maximum absolute atomic E-state index is 5.87. The Morgan fingerprint density at radius 1 is 0.941 bits per heavy atom. The summed E-state index contributed by atoms with van der Waals surface area (Å²) >= 11 is 3.45. The third-order valence-corrected chi connectivity index (χ3v) is 3.48. The molecule has 0 aliphatic carbocycles. The summed E-state index contributed by atoms with van der Waals surface area (Å²) in [6, 6.07) is 18.9. The van der Waals surface area contributed by atoms with Crippen LogP contribution in [0.15, 0.2) is 59.1 Å². The van der Waals surface area contributed by atoms with E-state index in [1.807, 2.05) is 6.07 Å². The Labute approximate surface area is 111 Å². The van der Waals surface area contributed by atoms with E-state index in [4.69, 9.17) is 5.73 Å². The molecule has 0 aliphatic heterocycles. The first-order valence-electron chi connectivity index (χ1n) is 5.79. The molecule has 0 fully saturated rings. The lowest BCUT2D eigenvalue weighted by Crippen LogP contribution is -2.14. The van der Waals surface area contributed by atoms with Crippen molar-refractivity contribution in [3.8, 4) is 0 Å². The molecule has 17 heavy (non-hydrogen) atoms. The standard InChI is InChI=1S/C15H16BrN/c16-15-8-6-12(7-9-15)10-14(11-17)13-4-2-1-3-5-13/h1-9,14H,10-11,17H2. The van der Waals surface area contributed by atoms with E-state index in [-0.39, 0.29) is 0 Å². The fraction of sp³-hybridized carbons (Fsp3) is 0.200. The average Bonchev–Trinajstić information content (AvgIpc) is 2.39. The molecule has 0 aromatic heterocycles. The van der Waals surface area contributed by atoms with E-state index in [1.54, 1.807) is 0 Å². The first-order chi connectivity index (χ1) is 8.29. The number of nitrogens with two attached hydrogens (primary N) is 1. The van der Waals surface area contributed by atoms with Gasteiger partial charge in [0.1, 0.15) is 0 Å². The molecule has 1 atom stereocenters. The highest BCUT2D eigenvalue weighted by atomic mass is 79.9. The molecule has 0 saturated heterocycles. The molecule has 2 heteroatoms. The first-order valence-corrected chi connectivity index (χ1v) is 6.58. The molecule has 2 aromatic rings. The monoisotopic (exact) mass is 289 g/mol. The second-order valence-electron chi connectivity index (χ2n) is 4.17. The molecule has 88 valence electrons. The van der Waals surface area contributed by atoms with Crippen LogP contribution in [-0.4, -0.2) is 6.54 Å². The molecule has 2 N–H and O–H groups in total. The molecule has 2 aromatic carbocycles. The zero-order chi connectivity index (χ0) is 12.1. The second-order valence-corrected chi connectivity index (χ2v) is 5.09. The van der Waals surface area contributed by atoms with Gasteiger partial charge in [-0.25, -0.2) is 0 Å². The largest absolute Gasteiger partial charge is 0.330 e. The topological polar surface area (TPSA) is 26.0 Å². The Hall–Kier alpha value is -1.12. The average molecular weight is 290 g/mol. The van der Waals surface area contributed by atoms with Gasteiger partial charge in [0, 0.05) is 10.4 Å². The summed E-state index contributed by atoms with van der Waals surface area (Å²) in [7, 11) is 0. The molecule has 0 bridgehead atoms. The fourth-order valence-corrected chi connectivity index (χ4v) is 2.23. The van der Waals surface area contributed by atoms with Gasteiger partial charge in [-0.3, -0.25) is 0 Å². The summed E-state index contributed by atoms with van der Waals surface area (Å²) in [6.45, 7) is 0.681. The van der Waals surface area contributed by atoms with Crippen LogP contribution in [-0.2, 0) is 6.42 Å². The van der Waals surface area contributed by atoms with Gasteiger partial charge in [-0.05, 0) is 36.2 Å². The van der Waals surface area contributed by atoms with Gasteiger partial charge in [-0.2, -0.15) is 0 Å². The minimum Gasteiger partial charge on any atom is -0.330 e. The zero-order valence-electron chi connectivity index (χ0n) is 9.64. The molecule has 0 radical (unpaired) electrons. The van der Waals surface area contributed by atoms with Gasteiger partial charge >= 0.3 is 0 Å². The van der Waals surface area contributed by atoms with Crippen molar-refractivity contribution < 1.29 is 0 Å². The summed E-state index contributed by atoms with van der Waals surface area (Å²) < 4.78 is 1.12. The van der Waals surface area contributed by atoms with Gasteiger partial charge in [-0.1, -0.05) is 58.4 Å². The number of rotatable bonds is 4. The molecular formula is C15H16BrN. The molecule has 1 nitrogen and oxygen atoms in total. The van der Waals surface area contributed by atoms with Gasteiger partial charge in [0.25, 0.3) is 0 Å². The molecule has 0 amide bonds. The van der Waals surface area contributed by atoms with Gasteiger partial charge in [0.2, 0.25) is 0 Å². The predicted octanol–water partition coefficient (Wildman–Crippen LogP) is 3.73. The highest BCUT2D eigenvalue weighted by Crippen LogP contribution is 2.20. The molecule has 0 spiro atoms. The smallest absolute Gasteiger partial charge is 0.0175 e. The van der Waals surface area contributed by atoms with Crippen LogP contribution >= 0.6 is 15.9 Å². The van der Waals surface area contributed by atoms with E-state index < -0.39 is 0 Å². The van der Waals surface area contributed by atoms with Gasteiger partial charge < -0.3 is 5.73 Å². The van der Waals surface area contributed by atoms with Crippen molar-refractivity contribution in [2.24, 2.45) is 5.73 Å². The number of hydrogen-bond donors (Lipinski definition) is 1. The molecule has 0 aliphatic rings. The summed E-state index contributed by atoms with van der Waals surface area (Å²) in [5, 5.41) is 0. The van der Waals surface area contributed by atoms with E-state index in [1.165, 1.54) is 11.1 Å². The Bertz CT molecular complexity index is 450. The Balaban J connectivity index is 2.13. The van der Waals surface area contributed by atoms with Crippen molar-refractivity contribution in [3.05, 3.63) is 70.2 Å². The van der Waals surface area contributed by atoms with Crippen LogP contribution in [0.5, 0.6) is 0 Å². The maximum Gasteiger partial charge on any atom is 0.0175 e. The van der Waals surface area contributed by atoms with Crippen molar-refractivity contribution in [2.75, 3.05) is 6.54 Å². The van der Waals surface area contributed by atoms with E-state index >= 15 is 0 Å². The number of hydrogen-bond acceptors (Lipinski definition) is 1. The van der Waals surface area contributed by atoms with E-state index in [0.717, 1.165) is 10.9 Å². The Morgan fingerprint density at radius 2 is 1.59 bits per heavy atom. The minimum atomic E-state index is 0.400. The Kier molecular flexibility index (Phi) is 4.35. The molecule has 1 unspecified atom stereocenters. The van der Waals surface area contributed by atoms with Crippen molar-refractivity contribution in [1.82, 2.24) is 0 Å². The summed E-state index contributed by atoms with van der Waals surface area (Å²) in [5.41, 5.74) is 8.52. The van der Waals surface area contributed by atoms with Crippen LogP contribution in [0.3, 0.4) is 0 Å². The van der Waals surface area contributed by atoms with Gasteiger partial charge in [0.15, 0.2) is 0 Å². The van der Waals surface area contributed by atoms with Crippen LogP contribution in [0.2, 0.25) is 0 Å². The number of halogens is 1. The van der Waals surface area contributed by atoms with Crippen LogP contribution in [0.4, 0.5) is 0 Å². The van der Waals surface area contributed by atoms with E-state index in [2.05, 4.69) is 64.5 Å². The highest BCUT2D eigenvalue weighted by Gasteiger charge is 2.09. The highest BCUT2D eigenvalue weighted by molar-refractivity contribution is 9.10. The molecule has 2 rings (SSSR count). The van der Waals surface area contributed by atoms with Crippen LogP contribution in [0.25, 0.3) is 0 Å². The van der Waals surface area contributed by atoms with Crippen molar-refractivity contribution in [2.45, 2.75) is 12.3 Å². The molecular weight excluding hydrogens is 274 g/mol. The molecule has 0 heterocycles. The normalized spacial score (nSPS) is 12.4. The Morgan fingerprint density at radius 3 is 2.18 bits per heavy atom. The van der Waals surface area contributed by atoms with Crippen LogP contribution in [0, 0.1) is 0 Å². The van der Waals surface area contributed by atoms with Gasteiger partial charge in [-0.15, -0.1) is 0 Å². The summed E-state index contributed by atoms with van der Waals surface area (Å²) in [5.74, 6) is 0.400. The summed E-state index contributed by atoms with van der Waals surface area (Å²) in [4.78, 5) is 0. The second kappa shape index (κ2) is 5.99. The molecule has 0 saturated carbocycles. The van der Waals surface area contributed by atoms with Crippen molar-refractivity contribution in [3.63, 3.8) is 0 Å². The fourth-order valence-electron chi connectivity index (χ4n) is 1.97. The lowest BCUT2D eigenvalue weighted by molar-refractivity contribution is 0.694. The quantitative estimate of drug-likeness (QED) is 0.912. The minimum absolute atomic E-state index is 0.400. The maximum atomic E-state index is 5.87. The van der Waals surface area contributed by atoms with Crippen molar-refractivity contribution >= 4 is 15.9 Å². The van der Waals surface area contributed by atoms with E-state index in [9.17, 15) is 0 Å². The van der Waals surface area contributed by atoms with Gasteiger partial charge in [0.05, 0.1) is 0 Å². The first kappa shape index (κ1) is 12.3. The number of benzene rings is 2. The third kappa shape index (κ3) is 3.42. The van der Waals surface area contributed by atoms with E-state index in [0.29, 0.717) is 12.5 Å². The van der Waals surface area contributed by atoms with Crippen LogP contribution < -0.4 is 5.73 Å². The third-order valence-electron chi connectivity index (χ3n) is 2.95. The SMILES string of the molecule is NCC(Cc1ccc(Br)cc1)c1ccccc1.